The zero-order chi connectivity index (χ0) is 16.3. The summed E-state index contributed by atoms with van der Waals surface area (Å²) in [7, 11) is 0. The molecule has 1 aliphatic rings. The largest absolute Gasteiger partial charge is 0.471 e. The van der Waals surface area contributed by atoms with Crippen molar-refractivity contribution in [1.29, 1.82) is 0 Å². The van der Waals surface area contributed by atoms with Gasteiger partial charge in [-0.25, -0.2) is 0 Å². The highest BCUT2D eigenvalue weighted by Gasteiger charge is 2.47. The minimum Gasteiger partial charge on any atom is -0.350 e. The number of aryl methyl sites for hydroxylation is 1. The Morgan fingerprint density at radius 1 is 1.36 bits per heavy atom. The van der Waals surface area contributed by atoms with Crippen LogP contribution in [-0.2, 0) is 16.1 Å². The second-order valence-electron chi connectivity index (χ2n) is 5.36. The number of hydrogen-bond acceptors (Lipinski definition) is 2. The summed E-state index contributed by atoms with van der Waals surface area (Å²) in [6.07, 6.45) is -4.30. The highest BCUT2D eigenvalue weighted by Crippen LogP contribution is 2.25. The first-order valence-electron chi connectivity index (χ1n) is 7.00. The lowest BCUT2D eigenvalue weighted by Crippen LogP contribution is -2.50. The smallest absolute Gasteiger partial charge is 0.350 e. The van der Waals surface area contributed by atoms with Crippen molar-refractivity contribution in [2.24, 2.45) is 0 Å². The number of nitrogens with zero attached hydrogens (tertiary/aromatic N) is 1. The second-order valence-corrected chi connectivity index (χ2v) is 5.36. The standard InChI is InChI=1S/C15H17F3N2O2/c1-10-4-2-5-11(8-10)9-19-13(21)12-6-3-7-20(12)14(22)15(16,17)18/h2,4-5,8,12H,3,6-7,9H2,1H3,(H,19,21). The molecule has 0 saturated carbocycles. The van der Waals surface area contributed by atoms with Crippen LogP contribution in [0.25, 0.3) is 0 Å². The first kappa shape index (κ1) is 16.3. The molecule has 7 heteroatoms. The van der Waals surface area contributed by atoms with Crippen molar-refractivity contribution in [3.63, 3.8) is 0 Å². The lowest BCUT2D eigenvalue weighted by atomic mass is 10.1. The summed E-state index contributed by atoms with van der Waals surface area (Å²) in [5.74, 6) is -2.49. The Labute approximate surface area is 126 Å². The summed E-state index contributed by atoms with van der Waals surface area (Å²) in [5.41, 5.74) is 1.89. The van der Waals surface area contributed by atoms with Crippen LogP contribution in [0, 0.1) is 6.92 Å². The number of benzene rings is 1. The van der Waals surface area contributed by atoms with Crippen molar-refractivity contribution in [3.05, 3.63) is 35.4 Å². The Hall–Kier alpha value is -2.05. The van der Waals surface area contributed by atoms with E-state index in [0.29, 0.717) is 11.3 Å². The number of nitrogens with one attached hydrogen (secondary N) is 1. The van der Waals surface area contributed by atoms with E-state index < -0.39 is 24.0 Å². The summed E-state index contributed by atoms with van der Waals surface area (Å²) in [5, 5.41) is 2.60. The van der Waals surface area contributed by atoms with Gasteiger partial charge in [-0.15, -0.1) is 0 Å². The monoisotopic (exact) mass is 314 g/mol. The van der Waals surface area contributed by atoms with Gasteiger partial charge in [0.05, 0.1) is 0 Å². The molecule has 1 aromatic rings. The molecule has 4 nitrogen and oxygen atoms in total. The van der Waals surface area contributed by atoms with Gasteiger partial charge >= 0.3 is 12.1 Å². The molecule has 0 radical (unpaired) electrons. The molecule has 1 heterocycles. The maximum absolute atomic E-state index is 12.5. The molecule has 1 fully saturated rings. The maximum Gasteiger partial charge on any atom is 0.471 e. The third-order valence-electron chi connectivity index (χ3n) is 3.61. The lowest BCUT2D eigenvalue weighted by molar-refractivity contribution is -0.186. The Morgan fingerprint density at radius 3 is 2.73 bits per heavy atom. The number of carbonyl (C=O) groups is 2. The normalized spacial score (nSPS) is 18.4. The van der Waals surface area contributed by atoms with Crippen LogP contribution in [-0.4, -0.2) is 35.5 Å². The zero-order valence-corrected chi connectivity index (χ0v) is 12.1. The first-order valence-corrected chi connectivity index (χ1v) is 7.00. The van der Waals surface area contributed by atoms with Crippen LogP contribution in [0.1, 0.15) is 24.0 Å². The van der Waals surface area contributed by atoms with Crippen molar-refractivity contribution in [2.75, 3.05) is 6.54 Å². The van der Waals surface area contributed by atoms with Crippen LogP contribution in [0.3, 0.4) is 0 Å². The van der Waals surface area contributed by atoms with E-state index in [1.165, 1.54) is 0 Å². The third-order valence-corrected chi connectivity index (χ3v) is 3.61. The van der Waals surface area contributed by atoms with Gasteiger partial charge in [0.1, 0.15) is 6.04 Å². The Balaban J connectivity index is 1.98. The maximum atomic E-state index is 12.5. The average Bonchev–Trinajstić information content (AvgIpc) is 2.92. The summed E-state index contributed by atoms with van der Waals surface area (Å²) in [6, 6.07) is 6.41. The van der Waals surface area contributed by atoms with E-state index in [0.717, 1.165) is 11.1 Å². The molecule has 1 aliphatic heterocycles. The summed E-state index contributed by atoms with van der Waals surface area (Å²) >= 11 is 0. The topological polar surface area (TPSA) is 49.4 Å². The molecule has 1 saturated heterocycles. The van der Waals surface area contributed by atoms with Crippen molar-refractivity contribution >= 4 is 11.8 Å². The quantitative estimate of drug-likeness (QED) is 0.929. The SMILES string of the molecule is Cc1cccc(CNC(=O)C2CCCN2C(=O)C(F)(F)F)c1. The van der Waals surface area contributed by atoms with E-state index in [2.05, 4.69) is 5.32 Å². The molecule has 2 amide bonds. The minimum absolute atomic E-state index is 0.0408. The van der Waals surface area contributed by atoms with Crippen LogP contribution >= 0.6 is 0 Å². The van der Waals surface area contributed by atoms with Gasteiger partial charge in [-0.1, -0.05) is 29.8 Å². The van der Waals surface area contributed by atoms with Gasteiger partial charge < -0.3 is 10.2 Å². The van der Waals surface area contributed by atoms with Crippen molar-refractivity contribution in [3.8, 4) is 0 Å². The van der Waals surface area contributed by atoms with Gasteiger partial charge in [0.15, 0.2) is 0 Å². The van der Waals surface area contributed by atoms with E-state index in [-0.39, 0.29) is 19.5 Å². The number of rotatable bonds is 3. The van der Waals surface area contributed by atoms with E-state index >= 15 is 0 Å². The van der Waals surface area contributed by atoms with E-state index in [1.54, 1.807) is 0 Å². The molecule has 120 valence electrons. The predicted molar refractivity (Wildman–Crippen MR) is 73.8 cm³/mol. The third kappa shape index (κ3) is 3.78. The first-order chi connectivity index (χ1) is 10.3. The molecule has 0 spiro atoms. The summed E-state index contributed by atoms with van der Waals surface area (Å²) < 4.78 is 37.5. The van der Waals surface area contributed by atoms with Gasteiger partial charge in [0.2, 0.25) is 5.91 Å². The fourth-order valence-corrected chi connectivity index (χ4v) is 2.57. The molecular weight excluding hydrogens is 297 g/mol. The zero-order valence-electron chi connectivity index (χ0n) is 12.1. The van der Waals surface area contributed by atoms with Crippen molar-refractivity contribution in [2.45, 2.75) is 38.5 Å². The Bertz CT molecular complexity index is 572. The fourth-order valence-electron chi connectivity index (χ4n) is 2.57. The van der Waals surface area contributed by atoms with E-state index in [9.17, 15) is 22.8 Å². The van der Waals surface area contributed by atoms with Gasteiger partial charge in [-0.3, -0.25) is 9.59 Å². The van der Waals surface area contributed by atoms with Gasteiger partial charge in [0, 0.05) is 13.1 Å². The molecule has 1 N–H and O–H groups in total. The molecule has 1 unspecified atom stereocenters. The Morgan fingerprint density at radius 2 is 2.09 bits per heavy atom. The van der Waals surface area contributed by atoms with Crippen LogP contribution in [0.2, 0.25) is 0 Å². The fraction of sp³-hybridized carbons (Fsp3) is 0.467. The number of alkyl halides is 3. The number of likely N-dealkylation sites (tertiary alicyclic amines) is 1. The minimum atomic E-state index is -4.95. The highest BCUT2D eigenvalue weighted by molar-refractivity contribution is 5.90. The van der Waals surface area contributed by atoms with Crippen molar-refractivity contribution < 1.29 is 22.8 Å². The van der Waals surface area contributed by atoms with Crippen LogP contribution in [0.15, 0.2) is 24.3 Å². The lowest BCUT2D eigenvalue weighted by Gasteiger charge is -2.24. The number of amides is 2. The van der Waals surface area contributed by atoms with Gasteiger partial charge in [-0.2, -0.15) is 13.2 Å². The highest BCUT2D eigenvalue weighted by atomic mass is 19.4. The van der Waals surface area contributed by atoms with Crippen molar-refractivity contribution in [1.82, 2.24) is 10.2 Å². The van der Waals surface area contributed by atoms with Crippen LogP contribution < -0.4 is 5.32 Å². The molecule has 1 atom stereocenters. The average molecular weight is 314 g/mol. The molecular formula is C15H17F3N2O2. The molecule has 2 rings (SSSR count). The Kier molecular flexibility index (Phi) is 4.73. The molecule has 1 aromatic carbocycles. The van der Waals surface area contributed by atoms with Crippen LogP contribution in [0.5, 0.6) is 0 Å². The van der Waals surface area contributed by atoms with Gasteiger partial charge in [0.25, 0.3) is 0 Å². The van der Waals surface area contributed by atoms with E-state index in [4.69, 9.17) is 0 Å². The molecule has 22 heavy (non-hydrogen) atoms. The van der Waals surface area contributed by atoms with Gasteiger partial charge in [-0.05, 0) is 25.3 Å². The summed E-state index contributed by atoms with van der Waals surface area (Å²) in [6.45, 7) is 2.10. The van der Waals surface area contributed by atoms with E-state index in [1.807, 2.05) is 31.2 Å². The molecule has 0 bridgehead atoms. The number of halogens is 3. The summed E-state index contributed by atoms with van der Waals surface area (Å²) in [4.78, 5) is 24.0. The number of hydrogen-bond donors (Lipinski definition) is 1. The predicted octanol–water partition coefficient (Wildman–Crippen LogP) is 2.16. The second kappa shape index (κ2) is 6.37. The van der Waals surface area contributed by atoms with Crippen LogP contribution in [0.4, 0.5) is 13.2 Å². The number of carbonyl (C=O) groups excluding carboxylic acids is 2. The molecule has 0 aromatic heterocycles. The molecule has 0 aliphatic carbocycles.